The van der Waals surface area contributed by atoms with E-state index in [1.807, 2.05) is 0 Å². The predicted octanol–water partition coefficient (Wildman–Crippen LogP) is 2.29. The second-order valence-electron chi connectivity index (χ2n) is 9.32. The number of rotatable bonds is 3. The Balaban J connectivity index is 1.25. The van der Waals surface area contributed by atoms with Gasteiger partial charge in [0.25, 0.3) is 0 Å². The molecule has 3 heterocycles. The van der Waals surface area contributed by atoms with E-state index >= 15 is 0 Å². The van der Waals surface area contributed by atoms with Crippen molar-refractivity contribution in [2.75, 3.05) is 59.5 Å². The van der Waals surface area contributed by atoms with Crippen LogP contribution in [-0.4, -0.2) is 86.3 Å². The summed E-state index contributed by atoms with van der Waals surface area (Å²) >= 11 is 0. The van der Waals surface area contributed by atoms with Crippen molar-refractivity contribution >= 4 is 0 Å². The molecule has 0 bridgehead atoms. The maximum Gasteiger partial charge on any atom is 0.0674 e. The van der Waals surface area contributed by atoms with Gasteiger partial charge in [-0.25, -0.2) is 0 Å². The molecule has 0 aromatic heterocycles. The van der Waals surface area contributed by atoms with Crippen molar-refractivity contribution in [3.63, 3.8) is 0 Å². The summed E-state index contributed by atoms with van der Waals surface area (Å²) in [6, 6.07) is 0.847. The lowest BCUT2D eigenvalue weighted by molar-refractivity contribution is -0.0979. The van der Waals surface area contributed by atoms with E-state index in [1.165, 1.54) is 71.2 Å². The Morgan fingerprint density at radius 3 is 2.62 bits per heavy atom. The third-order valence-electron chi connectivity index (χ3n) is 7.22. The van der Waals surface area contributed by atoms with Gasteiger partial charge in [0.1, 0.15) is 0 Å². The van der Waals surface area contributed by atoms with Gasteiger partial charge < -0.3 is 14.5 Å². The Kier molecular flexibility index (Phi) is 5.19. The zero-order chi connectivity index (χ0) is 16.6. The van der Waals surface area contributed by atoms with Gasteiger partial charge >= 0.3 is 0 Å². The average molecular weight is 336 g/mol. The van der Waals surface area contributed by atoms with Gasteiger partial charge in [-0.2, -0.15) is 0 Å². The summed E-state index contributed by atoms with van der Waals surface area (Å²) in [5.41, 5.74) is 0.663. The van der Waals surface area contributed by atoms with E-state index in [2.05, 4.69) is 28.7 Å². The van der Waals surface area contributed by atoms with Crippen molar-refractivity contribution in [1.82, 2.24) is 14.7 Å². The summed E-state index contributed by atoms with van der Waals surface area (Å²) in [4.78, 5) is 8.04. The van der Waals surface area contributed by atoms with E-state index in [0.29, 0.717) is 11.5 Å². The molecule has 4 heteroatoms. The molecule has 1 atom stereocenters. The van der Waals surface area contributed by atoms with Crippen LogP contribution in [0.5, 0.6) is 0 Å². The summed E-state index contributed by atoms with van der Waals surface area (Å²) in [7, 11) is 2.27. The van der Waals surface area contributed by atoms with Crippen molar-refractivity contribution in [3.05, 3.63) is 0 Å². The first kappa shape index (κ1) is 17.3. The molecule has 3 saturated heterocycles. The smallest absolute Gasteiger partial charge is 0.0674 e. The first-order chi connectivity index (χ1) is 11.6. The quantitative estimate of drug-likeness (QED) is 0.788. The van der Waals surface area contributed by atoms with Crippen molar-refractivity contribution in [2.24, 2.45) is 11.3 Å². The Bertz CT molecular complexity index is 415. The van der Waals surface area contributed by atoms with Crippen LogP contribution in [0.25, 0.3) is 0 Å². The zero-order valence-corrected chi connectivity index (χ0v) is 15.9. The largest absolute Gasteiger partial charge is 0.376 e. The Labute approximate surface area is 148 Å². The van der Waals surface area contributed by atoms with Crippen LogP contribution in [0.1, 0.15) is 45.4 Å². The molecule has 24 heavy (non-hydrogen) atoms. The molecular weight excluding hydrogens is 298 g/mol. The Morgan fingerprint density at radius 1 is 1.08 bits per heavy atom. The lowest BCUT2D eigenvalue weighted by Gasteiger charge is -2.57. The van der Waals surface area contributed by atoms with E-state index in [1.54, 1.807) is 0 Å². The van der Waals surface area contributed by atoms with Crippen LogP contribution in [-0.2, 0) is 4.74 Å². The molecular formula is C20H37N3O. The van der Waals surface area contributed by atoms with Crippen LogP contribution in [0.4, 0.5) is 0 Å². The van der Waals surface area contributed by atoms with E-state index in [-0.39, 0.29) is 0 Å². The number of morpholine rings is 1. The van der Waals surface area contributed by atoms with Gasteiger partial charge in [0, 0.05) is 32.2 Å². The maximum atomic E-state index is 5.72. The molecule has 0 aromatic rings. The minimum Gasteiger partial charge on any atom is -0.376 e. The zero-order valence-electron chi connectivity index (χ0n) is 15.9. The molecule has 4 aliphatic rings. The highest BCUT2D eigenvalue weighted by atomic mass is 16.5. The predicted molar refractivity (Wildman–Crippen MR) is 98.3 cm³/mol. The Morgan fingerprint density at radius 2 is 1.88 bits per heavy atom. The van der Waals surface area contributed by atoms with Gasteiger partial charge in [-0.1, -0.05) is 0 Å². The fraction of sp³-hybridized carbons (Fsp3) is 1.00. The highest BCUT2D eigenvalue weighted by Gasteiger charge is 2.48. The summed E-state index contributed by atoms with van der Waals surface area (Å²) in [5, 5.41) is 0. The third-order valence-corrected chi connectivity index (χ3v) is 7.22. The van der Waals surface area contributed by atoms with E-state index in [4.69, 9.17) is 4.74 Å². The number of likely N-dealkylation sites (tertiary alicyclic amines) is 2. The van der Waals surface area contributed by atoms with Crippen LogP contribution in [0, 0.1) is 11.3 Å². The third kappa shape index (κ3) is 3.82. The average Bonchev–Trinajstić information content (AvgIpc) is 2.55. The van der Waals surface area contributed by atoms with Gasteiger partial charge in [-0.05, 0) is 83.5 Å². The molecule has 4 fully saturated rings. The van der Waals surface area contributed by atoms with Gasteiger partial charge in [-0.3, -0.25) is 4.90 Å². The summed E-state index contributed by atoms with van der Waals surface area (Å²) in [5.74, 6) is 0.951. The minimum absolute atomic E-state index is 0.433. The Hall–Kier alpha value is -0.160. The summed E-state index contributed by atoms with van der Waals surface area (Å²) < 4.78 is 5.72. The molecule has 1 aliphatic carbocycles. The number of hydrogen-bond acceptors (Lipinski definition) is 4. The molecule has 1 spiro atoms. The summed E-state index contributed by atoms with van der Waals surface area (Å²) in [6.45, 7) is 12.2. The molecule has 4 rings (SSSR count). The molecule has 0 aromatic carbocycles. The SMILES string of the molecule is CC1CN(C2CC3(CCCN(CC4CCN(C)CC4)C3)C2)CCO1. The van der Waals surface area contributed by atoms with E-state index < -0.39 is 0 Å². The monoisotopic (exact) mass is 335 g/mol. The van der Waals surface area contributed by atoms with Gasteiger partial charge in [0.05, 0.1) is 12.7 Å². The van der Waals surface area contributed by atoms with Crippen LogP contribution in [0.2, 0.25) is 0 Å². The fourth-order valence-electron chi connectivity index (χ4n) is 5.78. The van der Waals surface area contributed by atoms with E-state index in [9.17, 15) is 0 Å². The van der Waals surface area contributed by atoms with Crippen LogP contribution < -0.4 is 0 Å². The van der Waals surface area contributed by atoms with Gasteiger partial charge in [0.2, 0.25) is 0 Å². The van der Waals surface area contributed by atoms with Crippen molar-refractivity contribution in [3.8, 4) is 0 Å². The van der Waals surface area contributed by atoms with Crippen LogP contribution >= 0.6 is 0 Å². The van der Waals surface area contributed by atoms with Crippen molar-refractivity contribution in [2.45, 2.75) is 57.6 Å². The fourth-order valence-corrected chi connectivity index (χ4v) is 5.78. The number of nitrogens with zero attached hydrogens (tertiary/aromatic N) is 3. The number of ether oxygens (including phenoxy) is 1. The summed E-state index contributed by atoms with van der Waals surface area (Å²) in [6.07, 6.45) is 9.06. The minimum atomic E-state index is 0.433. The highest BCUT2D eigenvalue weighted by Crippen LogP contribution is 2.50. The molecule has 1 unspecified atom stereocenters. The normalized spacial score (nSPS) is 40.8. The van der Waals surface area contributed by atoms with Gasteiger partial charge in [0.15, 0.2) is 0 Å². The number of piperidine rings is 2. The maximum absolute atomic E-state index is 5.72. The van der Waals surface area contributed by atoms with Crippen LogP contribution in [0.15, 0.2) is 0 Å². The topological polar surface area (TPSA) is 19.0 Å². The number of hydrogen-bond donors (Lipinski definition) is 0. The molecule has 138 valence electrons. The lowest BCUT2D eigenvalue weighted by Crippen LogP contribution is -2.60. The molecule has 3 aliphatic heterocycles. The van der Waals surface area contributed by atoms with E-state index in [0.717, 1.165) is 31.7 Å². The highest BCUT2D eigenvalue weighted by molar-refractivity contribution is 5.02. The molecule has 1 saturated carbocycles. The molecule has 0 radical (unpaired) electrons. The molecule has 0 N–H and O–H groups in total. The first-order valence-electron chi connectivity index (χ1n) is 10.4. The van der Waals surface area contributed by atoms with Crippen molar-refractivity contribution < 1.29 is 4.74 Å². The molecule has 4 nitrogen and oxygen atoms in total. The second kappa shape index (κ2) is 7.22. The van der Waals surface area contributed by atoms with Crippen LogP contribution in [0.3, 0.4) is 0 Å². The second-order valence-corrected chi connectivity index (χ2v) is 9.32. The first-order valence-corrected chi connectivity index (χ1v) is 10.4. The standard InChI is InChI=1S/C20H37N3O/c1-17-14-23(10-11-24-17)19-12-20(13-19)6-3-7-22(16-20)15-18-4-8-21(2)9-5-18/h17-19H,3-16H2,1-2H3. The van der Waals surface area contributed by atoms with Crippen molar-refractivity contribution in [1.29, 1.82) is 0 Å². The lowest BCUT2D eigenvalue weighted by atomic mass is 9.61. The molecule has 0 amide bonds. The van der Waals surface area contributed by atoms with Gasteiger partial charge in [-0.15, -0.1) is 0 Å².